The van der Waals surface area contributed by atoms with Crippen LogP contribution in [0, 0.1) is 24.0 Å². The molecule has 0 atom stereocenters. The first-order valence-electron chi connectivity index (χ1n) is 9.11. The molecule has 9 nitrogen and oxygen atoms in total. The van der Waals surface area contributed by atoms with Crippen LogP contribution in [0.5, 0.6) is 0 Å². The van der Waals surface area contributed by atoms with Crippen LogP contribution >= 0.6 is 0 Å². The Bertz CT molecular complexity index is 924. The number of aliphatic hydroxyl groups is 1. The van der Waals surface area contributed by atoms with Gasteiger partial charge in [0.2, 0.25) is 0 Å². The average molecular weight is 420 g/mol. The van der Waals surface area contributed by atoms with Gasteiger partial charge in [-0.2, -0.15) is 0 Å². The fourth-order valence-electron chi connectivity index (χ4n) is 2.72. The number of aliphatic hydroxyl groups excluding tert-OH is 1. The third kappa shape index (κ3) is 6.85. The summed E-state index contributed by atoms with van der Waals surface area (Å²) < 4.78 is 0. The molecule has 0 saturated carbocycles. The number of carboxylic acid groups (broad SMARTS) is 2. The molecule has 0 radical (unpaired) electrons. The molecule has 2 aromatic carbocycles. The molecule has 2 aromatic rings. The van der Waals surface area contributed by atoms with Gasteiger partial charge in [0.05, 0.1) is 16.1 Å². The summed E-state index contributed by atoms with van der Waals surface area (Å²) in [5.74, 6) is -2.04. The second kappa shape index (κ2) is 12.2. The van der Waals surface area contributed by atoms with Gasteiger partial charge in [-0.05, 0) is 55.5 Å². The van der Waals surface area contributed by atoms with Gasteiger partial charge >= 0.3 is 11.9 Å². The predicted molar refractivity (Wildman–Crippen MR) is 114 cm³/mol. The summed E-state index contributed by atoms with van der Waals surface area (Å²) >= 11 is 0. The standard InChI is InChI=1S/C10H11NO4.C10H13NO2.CH4O/c1-3-7-4-6(2)9(11(14)15)5-8(7)10(12)13;1-3-7-4-6(2)9(11)5-8(7)10(12)13;1-2/h4-5H,3H2,1-2H3,(H,12,13);4-5H,3,11H2,1-2H3,(H,12,13);2H,1H3. The summed E-state index contributed by atoms with van der Waals surface area (Å²) in [6.45, 7) is 7.22. The Balaban J connectivity index is 0.000000522. The van der Waals surface area contributed by atoms with E-state index < -0.39 is 16.9 Å². The molecule has 0 aliphatic rings. The van der Waals surface area contributed by atoms with Gasteiger partial charge in [0, 0.05) is 24.4 Å². The van der Waals surface area contributed by atoms with Crippen LogP contribution in [0.3, 0.4) is 0 Å². The first-order valence-corrected chi connectivity index (χ1v) is 9.11. The number of nitrogen functional groups attached to an aromatic ring is 1. The molecular weight excluding hydrogens is 392 g/mol. The number of rotatable bonds is 5. The number of aryl methyl sites for hydroxylation is 4. The third-order valence-electron chi connectivity index (χ3n) is 4.33. The van der Waals surface area contributed by atoms with Crippen molar-refractivity contribution in [2.75, 3.05) is 12.8 Å². The number of nitro benzene ring substituents is 1. The van der Waals surface area contributed by atoms with E-state index in [1.807, 2.05) is 26.8 Å². The maximum Gasteiger partial charge on any atom is 0.336 e. The van der Waals surface area contributed by atoms with Crippen LogP contribution in [-0.2, 0) is 12.8 Å². The van der Waals surface area contributed by atoms with Crippen LogP contribution in [0.4, 0.5) is 11.4 Å². The number of nitrogens with two attached hydrogens (primary N) is 1. The maximum atomic E-state index is 10.8. The summed E-state index contributed by atoms with van der Waals surface area (Å²) in [6, 6.07) is 6.04. The van der Waals surface area contributed by atoms with Crippen LogP contribution in [0.15, 0.2) is 24.3 Å². The second-order valence-electron chi connectivity index (χ2n) is 6.24. The lowest BCUT2D eigenvalue weighted by molar-refractivity contribution is -0.385. The van der Waals surface area contributed by atoms with Crippen molar-refractivity contribution in [2.45, 2.75) is 40.5 Å². The fourth-order valence-corrected chi connectivity index (χ4v) is 2.72. The predicted octanol–water partition coefficient (Wildman–Crippen LogP) is 3.61. The van der Waals surface area contributed by atoms with Crippen molar-refractivity contribution in [1.82, 2.24) is 0 Å². The van der Waals surface area contributed by atoms with Gasteiger partial charge in [-0.1, -0.05) is 19.9 Å². The summed E-state index contributed by atoms with van der Waals surface area (Å²) in [5.41, 5.74) is 9.20. The number of hydrogen-bond donors (Lipinski definition) is 4. The number of carbonyl (C=O) groups is 2. The summed E-state index contributed by atoms with van der Waals surface area (Å²) in [6.07, 6.45) is 1.25. The molecule has 5 N–H and O–H groups in total. The molecule has 0 bridgehead atoms. The van der Waals surface area contributed by atoms with Crippen LogP contribution in [-0.4, -0.2) is 39.3 Å². The zero-order chi connectivity index (χ0) is 23.6. The quantitative estimate of drug-likeness (QED) is 0.323. The third-order valence-corrected chi connectivity index (χ3v) is 4.33. The summed E-state index contributed by atoms with van der Waals surface area (Å²) in [5, 5.41) is 35.3. The SMILES string of the molecule is CCc1cc(C)c(N)cc1C(=O)O.CCc1cc(C)c([N+](=O)[O-])cc1C(=O)O.CO. The van der Waals surface area contributed by atoms with E-state index in [1.54, 1.807) is 13.0 Å². The monoisotopic (exact) mass is 420 g/mol. The molecule has 2 rings (SSSR count). The number of benzene rings is 2. The molecular formula is C21H28N2O7. The Hall–Kier alpha value is -3.46. The van der Waals surface area contributed by atoms with E-state index in [0.717, 1.165) is 24.3 Å². The van der Waals surface area contributed by atoms with E-state index >= 15 is 0 Å². The Morgan fingerprint density at radius 3 is 1.67 bits per heavy atom. The van der Waals surface area contributed by atoms with E-state index in [2.05, 4.69) is 0 Å². The van der Waals surface area contributed by atoms with E-state index in [-0.39, 0.29) is 11.3 Å². The van der Waals surface area contributed by atoms with Crippen LogP contribution in [0.25, 0.3) is 0 Å². The molecule has 0 aliphatic heterocycles. The largest absolute Gasteiger partial charge is 0.478 e. The lowest BCUT2D eigenvalue weighted by atomic mass is 10.0. The highest BCUT2D eigenvalue weighted by Gasteiger charge is 2.18. The molecule has 30 heavy (non-hydrogen) atoms. The van der Waals surface area contributed by atoms with Crippen molar-refractivity contribution in [3.05, 3.63) is 67.8 Å². The van der Waals surface area contributed by atoms with Gasteiger partial charge in [-0.15, -0.1) is 0 Å². The maximum absolute atomic E-state index is 10.8. The molecule has 0 aliphatic carbocycles. The zero-order valence-corrected chi connectivity index (χ0v) is 17.7. The first-order chi connectivity index (χ1) is 14.0. The van der Waals surface area contributed by atoms with Crippen molar-refractivity contribution >= 4 is 23.3 Å². The van der Waals surface area contributed by atoms with Crippen molar-refractivity contribution in [3.8, 4) is 0 Å². The van der Waals surface area contributed by atoms with Crippen molar-refractivity contribution in [2.24, 2.45) is 0 Å². The molecule has 0 unspecified atom stereocenters. The highest BCUT2D eigenvalue weighted by molar-refractivity contribution is 5.91. The molecule has 9 heteroatoms. The van der Waals surface area contributed by atoms with Crippen LogP contribution < -0.4 is 5.73 Å². The number of hydrogen-bond acceptors (Lipinski definition) is 6. The van der Waals surface area contributed by atoms with E-state index in [4.69, 9.17) is 21.1 Å². The highest BCUT2D eigenvalue weighted by Crippen LogP contribution is 2.23. The summed E-state index contributed by atoms with van der Waals surface area (Å²) in [4.78, 5) is 31.7. The zero-order valence-electron chi connectivity index (χ0n) is 17.7. The Morgan fingerprint density at radius 2 is 1.30 bits per heavy atom. The molecule has 0 heterocycles. The Morgan fingerprint density at radius 1 is 0.900 bits per heavy atom. The van der Waals surface area contributed by atoms with Gasteiger partial charge in [0.25, 0.3) is 5.69 Å². The molecule has 164 valence electrons. The van der Waals surface area contributed by atoms with E-state index in [1.165, 1.54) is 6.07 Å². The van der Waals surface area contributed by atoms with Gasteiger partial charge in [-0.25, -0.2) is 9.59 Å². The van der Waals surface area contributed by atoms with Crippen molar-refractivity contribution in [3.63, 3.8) is 0 Å². The van der Waals surface area contributed by atoms with Crippen molar-refractivity contribution < 1.29 is 29.8 Å². The second-order valence-corrected chi connectivity index (χ2v) is 6.24. The number of nitrogens with zero attached hydrogens (tertiary/aromatic N) is 1. The molecule has 0 spiro atoms. The highest BCUT2D eigenvalue weighted by atomic mass is 16.6. The molecule has 0 aromatic heterocycles. The Kier molecular flexibility index (Phi) is 10.8. The first kappa shape index (κ1) is 26.5. The molecule has 0 fully saturated rings. The Labute approximate surface area is 174 Å². The molecule has 0 saturated heterocycles. The lowest BCUT2D eigenvalue weighted by Gasteiger charge is -2.07. The normalized spacial score (nSPS) is 9.53. The number of carboxylic acids is 2. The van der Waals surface area contributed by atoms with E-state index in [9.17, 15) is 19.7 Å². The minimum atomic E-state index is -1.13. The van der Waals surface area contributed by atoms with Gasteiger partial charge in [-0.3, -0.25) is 10.1 Å². The topological polar surface area (TPSA) is 164 Å². The van der Waals surface area contributed by atoms with Crippen LogP contribution in [0.1, 0.15) is 56.8 Å². The van der Waals surface area contributed by atoms with Gasteiger partial charge in [0.1, 0.15) is 0 Å². The van der Waals surface area contributed by atoms with Crippen molar-refractivity contribution in [1.29, 1.82) is 0 Å². The fraction of sp³-hybridized carbons (Fsp3) is 0.333. The minimum absolute atomic E-state index is 0.00907. The van der Waals surface area contributed by atoms with E-state index in [0.29, 0.717) is 35.2 Å². The number of anilines is 1. The van der Waals surface area contributed by atoms with Crippen LogP contribution in [0.2, 0.25) is 0 Å². The smallest absolute Gasteiger partial charge is 0.336 e. The summed E-state index contributed by atoms with van der Waals surface area (Å²) in [7, 11) is 1.00. The number of nitro groups is 1. The lowest BCUT2D eigenvalue weighted by Crippen LogP contribution is -2.04. The van der Waals surface area contributed by atoms with Gasteiger partial charge < -0.3 is 21.1 Å². The number of aromatic carboxylic acids is 2. The molecule has 0 amide bonds. The van der Waals surface area contributed by atoms with Gasteiger partial charge in [0.15, 0.2) is 0 Å². The minimum Gasteiger partial charge on any atom is -0.478 e. The average Bonchev–Trinajstić information content (AvgIpc) is 2.70.